The van der Waals surface area contributed by atoms with E-state index in [2.05, 4.69) is 5.32 Å². The molecular formula is C15H15NO2. The van der Waals surface area contributed by atoms with E-state index in [1.54, 1.807) is 0 Å². The zero-order valence-corrected chi connectivity index (χ0v) is 10.4. The molecule has 92 valence electrons. The first kappa shape index (κ1) is 12.2. The minimum atomic E-state index is 0.655. The monoisotopic (exact) mass is 241 g/mol. The summed E-state index contributed by atoms with van der Waals surface area (Å²) in [4.78, 5) is 10.4. The van der Waals surface area contributed by atoms with Gasteiger partial charge in [0.2, 0.25) is 6.41 Å². The molecule has 3 heteroatoms. The topological polar surface area (TPSA) is 38.3 Å². The Hall–Kier alpha value is -2.29. The molecule has 0 bridgehead atoms. The number of benzene rings is 2. The molecule has 0 saturated carbocycles. The molecule has 0 aliphatic carbocycles. The van der Waals surface area contributed by atoms with Crippen molar-refractivity contribution in [1.82, 2.24) is 0 Å². The van der Waals surface area contributed by atoms with Gasteiger partial charge in [-0.2, -0.15) is 0 Å². The molecule has 0 atom stereocenters. The molecule has 0 fully saturated rings. The fraction of sp³-hybridized carbons (Fsp3) is 0.133. The molecule has 0 aliphatic heterocycles. The average molecular weight is 241 g/mol. The van der Waals surface area contributed by atoms with Crippen molar-refractivity contribution >= 4 is 12.1 Å². The van der Waals surface area contributed by atoms with E-state index in [1.807, 2.05) is 56.3 Å². The van der Waals surface area contributed by atoms with Gasteiger partial charge < -0.3 is 10.1 Å². The second-order valence-corrected chi connectivity index (χ2v) is 4.11. The Morgan fingerprint density at radius 3 is 2.44 bits per heavy atom. The largest absolute Gasteiger partial charge is 0.457 e. The molecule has 2 aromatic carbocycles. The van der Waals surface area contributed by atoms with E-state index in [0.717, 1.165) is 28.3 Å². The van der Waals surface area contributed by atoms with Crippen LogP contribution in [0.25, 0.3) is 0 Å². The van der Waals surface area contributed by atoms with Gasteiger partial charge in [-0.25, -0.2) is 0 Å². The molecule has 2 rings (SSSR count). The van der Waals surface area contributed by atoms with Crippen molar-refractivity contribution in [2.24, 2.45) is 0 Å². The molecule has 0 spiro atoms. The first-order valence-corrected chi connectivity index (χ1v) is 5.75. The van der Waals surface area contributed by atoms with Gasteiger partial charge in [0.05, 0.1) is 0 Å². The van der Waals surface area contributed by atoms with Crippen LogP contribution in [0.4, 0.5) is 5.69 Å². The lowest BCUT2D eigenvalue weighted by molar-refractivity contribution is -0.105. The number of ether oxygens (including phenoxy) is 1. The molecule has 3 nitrogen and oxygen atoms in total. The second kappa shape index (κ2) is 5.36. The second-order valence-electron chi connectivity index (χ2n) is 4.11. The van der Waals surface area contributed by atoms with Gasteiger partial charge in [0.25, 0.3) is 0 Å². The summed E-state index contributed by atoms with van der Waals surface area (Å²) < 4.78 is 5.87. The van der Waals surface area contributed by atoms with Crippen molar-refractivity contribution in [3.05, 3.63) is 53.6 Å². The Bertz CT molecular complexity index is 564. The van der Waals surface area contributed by atoms with E-state index in [4.69, 9.17) is 4.74 Å². The van der Waals surface area contributed by atoms with Crippen LogP contribution >= 0.6 is 0 Å². The molecule has 0 saturated heterocycles. The number of carbonyl (C=O) groups is 1. The quantitative estimate of drug-likeness (QED) is 0.829. The van der Waals surface area contributed by atoms with Crippen LogP contribution in [0.5, 0.6) is 11.5 Å². The average Bonchev–Trinajstić information content (AvgIpc) is 2.36. The van der Waals surface area contributed by atoms with Gasteiger partial charge in [0.1, 0.15) is 11.5 Å². The summed E-state index contributed by atoms with van der Waals surface area (Å²) in [6, 6.07) is 13.4. The standard InChI is InChI=1S/C15H15NO2/c1-11-5-3-4-6-14(11)18-15-9-13(16-10-17)8-7-12(15)2/h3-10H,1-2H3,(H,16,17). The van der Waals surface area contributed by atoms with Gasteiger partial charge >= 0.3 is 0 Å². The van der Waals surface area contributed by atoms with Crippen LogP contribution in [-0.4, -0.2) is 6.41 Å². The summed E-state index contributed by atoms with van der Waals surface area (Å²) in [5, 5.41) is 2.61. The molecule has 1 amide bonds. The van der Waals surface area contributed by atoms with E-state index < -0.39 is 0 Å². The van der Waals surface area contributed by atoms with Crippen molar-refractivity contribution < 1.29 is 9.53 Å². The fourth-order valence-electron chi connectivity index (χ4n) is 1.66. The molecule has 0 unspecified atom stereocenters. The van der Waals surface area contributed by atoms with Gasteiger partial charge in [0.15, 0.2) is 0 Å². The maximum Gasteiger partial charge on any atom is 0.211 e. The molecule has 0 aromatic heterocycles. The van der Waals surface area contributed by atoms with Crippen LogP contribution in [0, 0.1) is 13.8 Å². The molecule has 18 heavy (non-hydrogen) atoms. The molecule has 1 N–H and O–H groups in total. The van der Waals surface area contributed by atoms with E-state index in [-0.39, 0.29) is 0 Å². The Morgan fingerprint density at radius 2 is 1.72 bits per heavy atom. The zero-order chi connectivity index (χ0) is 13.0. The normalized spacial score (nSPS) is 9.89. The molecule has 2 aromatic rings. The maximum atomic E-state index is 10.4. The summed E-state index contributed by atoms with van der Waals surface area (Å²) in [6.45, 7) is 3.97. The highest BCUT2D eigenvalue weighted by atomic mass is 16.5. The first-order valence-electron chi connectivity index (χ1n) is 5.75. The summed E-state index contributed by atoms with van der Waals surface area (Å²) in [6.07, 6.45) is 0.655. The van der Waals surface area contributed by atoms with Crippen LogP contribution in [0.1, 0.15) is 11.1 Å². The van der Waals surface area contributed by atoms with Gasteiger partial charge in [0, 0.05) is 11.8 Å². The van der Waals surface area contributed by atoms with Gasteiger partial charge in [-0.3, -0.25) is 4.79 Å². The predicted molar refractivity (Wildman–Crippen MR) is 72.1 cm³/mol. The number of carbonyl (C=O) groups excluding carboxylic acids is 1. The number of hydrogen-bond acceptors (Lipinski definition) is 2. The minimum absolute atomic E-state index is 0.655. The van der Waals surface area contributed by atoms with Gasteiger partial charge in [-0.1, -0.05) is 24.3 Å². The van der Waals surface area contributed by atoms with Crippen LogP contribution < -0.4 is 10.1 Å². The third-order valence-corrected chi connectivity index (χ3v) is 2.73. The lowest BCUT2D eigenvalue weighted by Gasteiger charge is -2.12. The Labute approximate surface area is 106 Å². The molecule has 0 radical (unpaired) electrons. The van der Waals surface area contributed by atoms with Crippen molar-refractivity contribution in [3.63, 3.8) is 0 Å². The Balaban J connectivity index is 2.30. The summed E-state index contributed by atoms with van der Waals surface area (Å²) >= 11 is 0. The van der Waals surface area contributed by atoms with Crippen LogP contribution in [-0.2, 0) is 4.79 Å². The van der Waals surface area contributed by atoms with E-state index in [0.29, 0.717) is 6.41 Å². The number of aryl methyl sites for hydroxylation is 2. The van der Waals surface area contributed by atoms with E-state index in [9.17, 15) is 4.79 Å². The number of nitrogens with one attached hydrogen (secondary N) is 1. The molecular weight excluding hydrogens is 226 g/mol. The lowest BCUT2D eigenvalue weighted by atomic mass is 10.2. The Kier molecular flexibility index (Phi) is 3.63. The number of rotatable bonds is 4. The van der Waals surface area contributed by atoms with Crippen molar-refractivity contribution in [2.75, 3.05) is 5.32 Å². The fourth-order valence-corrected chi connectivity index (χ4v) is 1.66. The summed E-state index contributed by atoms with van der Waals surface area (Å²) in [7, 11) is 0. The lowest BCUT2D eigenvalue weighted by Crippen LogP contribution is -1.95. The van der Waals surface area contributed by atoms with Crippen LogP contribution in [0.15, 0.2) is 42.5 Å². The first-order chi connectivity index (χ1) is 8.70. The minimum Gasteiger partial charge on any atom is -0.457 e. The third-order valence-electron chi connectivity index (χ3n) is 2.73. The highest BCUT2D eigenvalue weighted by Crippen LogP contribution is 2.29. The van der Waals surface area contributed by atoms with Gasteiger partial charge in [-0.05, 0) is 37.1 Å². The molecule has 0 aliphatic rings. The predicted octanol–water partition coefficient (Wildman–Crippen LogP) is 3.66. The van der Waals surface area contributed by atoms with Crippen LogP contribution in [0.3, 0.4) is 0 Å². The number of anilines is 1. The van der Waals surface area contributed by atoms with E-state index >= 15 is 0 Å². The van der Waals surface area contributed by atoms with Crippen molar-refractivity contribution in [2.45, 2.75) is 13.8 Å². The van der Waals surface area contributed by atoms with Crippen molar-refractivity contribution in [3.8, 4) is 11.5 Å². The summed E-state index contributed by atoms with van der Waals surface area (Å²) in [5.74, 6) is 1.57. The highest BCUT2D eigenvalue weighted by Gasteiger charge is 2.04. The SMILES string of the molecule is Cc1ccccc1Oc1cc(NC=O)ccc1C. The number of hydrogen-bond donors (Lipinski definition) is 1. The number of para-hydroxylation sites is 1. The van der Waals surface area contributed by atoms with Crippen molar-refractivity contribution in [1.29, 1.82) is 0 Å². The summed E-state index contributed by atoms with van der Waals surface area (Å²) in [5.41, 5.74) is 2.82. The zero-order valence-electron chi connectivity index (χ0n) is 10.4. The Morgan fingerprint density at radius 1 is 1.00 bits per heavy atom. The maximum absolute atomic E-state index is 10.4. The van der Waals surface area contributed by atoms with E-state index in [1.165, 1.54) is 0 Å². The highest BCUT2D eigenvalue weighted by molar-refractivity contribution is 5.72. The number of amides is 1. The van der Waals surface area contributed by atoms with Gasteiger partial charge in [-0.15, -0.1) is 0 Å². The van der Waals surface area contributed by atoms with Crippen LogP contribution in [0.2, 0.25) is 0 Å². The third kappa shape index (κ3) is 2.69. The smallest absolute Gasteiger partial charge is 0.211 e. The molecule has 0 heterocycles.